The third-order valence-electron chi connectivity index (χ3n) is 6.55. The first-order chi connectivity index (χ1) is 16.0. The smallest absolute Gasteiger partial charge is 0.270 e. The topological polar surface area (TPSA) is 74.8 Å². The number of fused-ring (bicyclic) bond motifs is 1. The van der Waals surface area contributed by atoms with Crippen molar-refractivity contribution in [3.05, 3.63) is 53.1 Å². The van der Waals surface area contributed by atoms with Gasteiger partial charge in [0.15, 0.2) is 5.58 Å². The summed E-state index contributed by atoms with van der Waals surface area (Å²) in [6.45, 7) is 6.41. The molecule has 0 amide bonds. The molecule has 2 aromatic heterocycles. The lowest BCUT2D eigenvalue weighted by atomic mass is 10.2. The number of hydrogen-bond donors (Lipinski definition) is 0. The first kappa shape index (κ1) is 22.7. The van der Waals surface area contributed by atoms with Crippen LogP contribution in [-0.4, -0.2) is 71.3 Å². The van der Waals surface area contributed by atoms with E-state index in [4.69, 9.17) is 16.6 Å². The van der Waals surface area contributed by atoms with Crippen molar-refractivity contribution >= 4 is 33.3 Å². The molecule has 2 fully saturated rings. The van der Waals surface area contributed by atoms with E-state index in [0.29, 0.717) is 35.1 Å². The van der Waals surface area contributed by atoms with Gasteiger partial charge in [0.05, 0.1) is 17.1 Å². The molecule has 4 heterocycles. The standard InChI is InChI=1S/C23H29N5O3S2/c29-33(30,27-10-2-1-3-11-27)20-4-5-22-21(16-20)28(23(32)31-22)18-26-14-12-25(13-15-26)17-19-6-8-24-9-7-19/h4-9,16H,1-3,10-15,17-18H2. The highest BCUT2D eigenvalue weighted by Gasteiger charge is 2.27. The van der Waals surface area contributed by atoms with Gasteiger partial charge in [-0.1, -0.05) is 6.42 Å². The highest BCUT2D eigenvalue weighted by atomic mass is 32.2. The molecule has 2 aliphatic heterocycles. The molecular formula is C23H29N5O3S2. The average molecular weight is 488 g/mol. The summed E-state index contributed by atoms with van der Waals surface area (Å²) >= 11 is 5.49. The van der Waals surface area contributed by atoms with Gasteiger partial charge >= 0.3 is 0 Å². The largest absolute Gasteiger partial charge is 0.429 e. The van der Waals surface area contributed by atoms with E-state index in [2.05, 4.69) is 26.9 Å². The van der Waals surface area contributed by atoms with Crippen molar-refractivity contribution < 1.29 is 12.8 Å². The highest BCUT2D eigenvalue weighted by Crippen LogP contribution is 2.26. The monoisotopic (exact) mass is 487 g/mol. The van der Waals surface area contributed by atoms with Crippen LogP contribution in [0, 0.1) is 4.84 Å². The molecule has 0 saturated carbocycles. The Morgan fingerprint density at radius 3 is 2.33 bits per heavy atom. The second-order valence-electron chi connectivity index (χ2n) is 8.78. The number of hydrogen-bond acceptors (Lipinski definition) is 7. The van der Waals surface area contributed by atoms with E-state index in [0.717, 1.165) is 57.5 Å². The minimum atomic E-state index is -3.51. The number of aromatic nitrogens is 2. The molecule has 1 aromatic carbocycles. The van der Waals surface area contributed by atoms with E-state index in [-0.39, 0.29) is 0 Å². The lowest BCUT2D eigenvalue weighted by Gasteiger charge is -2.34. The fourth-order valence-electron chi connectivity index (χ4n) is 4.63. The van der Waals surface area contributed by atoms with Crippen molar-refractivity contribution in [1.82, 2.24) is 23.7 Å². The third kappa shape index (κ3) is 4.90. The van der Waals surface area contributed by atoms with Gasteiger partial charge in [-0.2, -0.15) is 4.31 Å². The van der Waals surface area contributed by atoms with Gasteiger partial charge in [0, 0.05) is 58.2 Å². The number of rotatable bonds is 6. The maximum absolute atomic E-state index is 13.2. The Morgan fingerprint density at radius 1 is 0.909 bits per heavy atom. The lowest BCUT2D eigenvalue weighted by molar-refractivity contribution is 0.103. The Balaban J connectivity index is 1.31. The summed E-state index contributed by atoms with van der Waals surface area (Å²) in [5.74, 6) is 0. The first-order valence-electron chi connectivity index (χ1n) is 11.5. The second-order valence-corrected chi connectivity index (χ2v) is 11.1. The number of oxazole rings is 1. The molecule has 2 aliphatic rings. The van der Waals surface area contributed by atoms with E-state index in [1.54, 1.807) is 22.5 Å². The molecule has 0 aliphatic carbocycles. The molecule has 2 saturated heterocycles. The van der Waals surface area contributed by atoms with Crippen molar-refractivity contribution in [1.29, 1.82) is 0 Å². The van der Waals surface area contributed by atoms with Gasteiger partial charge in [-0.25, -0.2) is 8.42 Å². The number of piperidine rings is 1. The number of sulfonamides is 1. The Hall–Kier alpha value is -2.11. The predicted molar refractivity (Wildman–Crippen MR) is 129 cm³/mol. The van der Waals surface area contributed by atoms with Crippen LogP contribution in [0.5, 0.6) is 0 Å². The molecule has 176 valence electrons. The normalized spacial score (nSPS) is 19.3. The fourth-order valence-corrected chi connectivity index (χ4v) is 6.41. The Morgan fingerprint density at radius 2 is 1.61 bits per heavy atom. The molecule has 8 nitrogen and oxygen atoms in total. The van der Waals surface area contributed by atoms with Gasteiger partial charge in [-0.05, 0) is 61.0 Å². The molecule has 0 unspecified atom stereocenters. The van der Waals surface area contributed by atoms with E-state index in [9.17, 15) is 8.42 Å². The minimum absolute atomic E-state index is 0.309. The number of nitrogens with zero attached hydrogens (tertiary/aromatic N) is 5. The Bertz CT molecular complexity index is 1260. The van der Waals surface area contributed by atoms with Crippen molar-refractivity contribution in [2.75, 3.05) is 39.3 Å². The molecular weight excluding hydrogens is 458 g/mol. The third-order valence-corrected chi connectivity index (χ3v) is 8.75. The van der Waals surface area contributed by atoms with Gasteiger partial charge < -0.3 is 4.42 Å². The molecule has 0 bridgehead atoms. The van der Waals surface area contributed by atoms with Crippen LogP contribution in [0.1, 0.15) is 24.8 Å². The van der Waals surface area contributed by atoms with Crippen LogP contribution in [0.2, 0.25) is 0 Å². The molecule has 0 spiro atoms. The summed E-state index contributed by atoms with van der Waals surface area (Å²) < 4.78 is 35.6. The quantitative estimate of drug-likeness (QED) is 0.494. The summed E-state index contributed by atoms with van der Waals surface area (Å²) in [7, 11) is -3.51. The number of piperazine rings is 1. The fraction of sp³-hybridized carbons (Fsp3) is 0.478. The molecule has 33 heavy (non-hydrogen) atoms. The summed E-state index contributed by atoms with van der Waals surface area (Å²) in [6, 6.07) is 9.19. The average Bonchev–Trinajstić information content (AvgIpc) is 3.15. The van der Waals surface area contributed by atoms with Gasteiger partial charge in [0.2, 0.25) is 10.0 Å². The Kier molecular flexibility index (Phi) is 6.62. The van der Waals surface area contributed by atoms with E-state index >= 15 is 0 Å². The summed E-state index contributed by atoms with van der Waals surface area (Å²) in [5.41, 5.74) is 2.62. The van der Waals surface area contributed by atoms with Gasteiger partial charge in [-0.3, -0.25) is 19.4 Å². The molecule has 3 aromatic rings. The van der Waals surface area contributed by atoms with Gasteiger partial charge in [0.1, 0.15) is 0 Å². The maximum atomic E-state index is 13.2. The van der Waals surface area contributed by atoms with E-state index in [1.165, 1.54) is 5.56 Å². The maximum Gasteiger partial charge on any atom is 0.270 e. The van der Waals surface area contributed by atoms with Crippen LogP contribution in [0.15, 0.2) is 52.0 Å². The lowest BCUT2D eigenvalue weighted by Crippen LogP contribution is -2.46. The van der Waals surface area contributed by atoms with Crippen LogP contribution in [0.4, 0.5) is 0 Å². The van der Waals surface area contributed by atoms with Crippen LogP contribution in [-0.2, 0) is 23.2 Å². The molecule has 0 N–H and O–H groups in total. The summed E-state index contributed by atoms with van der Waals surface area (Å²) in [5, 5.41) is 0. The van der Waals surface area contributed by atoms with Crippen molar-refractivity contribution in [3.8, 4) is 0 Å². The van der Waals surface area contributed by atoms with Crippen LogP contribution < -0.4 is 0 Å². The zero-order chi connectivity index (χ0) is 22.8. The zero-order valence-corrected chi connectivity index (χ0v) is 20.2. The molecule has 5 rings (SSSR count). The van der Waals surface area contributed by atoms with Gasteiger partial charge in [-0.15, -0.1) is 0 Å². The van der Waals surface area contributed by atoms with E-state index < -0.39 is 10.0 Å². The van der Waals surface area contributed by atoms with Crippen LogP contribution in [0.25, 0.3) is 11.1 Å². The number of pyridine rings is 1. The Labute approximate surface area is 199 Å². The first-order valence-corrected chi connectivity index (χ1v) is 13.3. The SMILES string of the molecule is O=S(=O)(c1ccc2oc(=S)n(CN3CCN(Cc4ccncc4)CC3)c2c1)N1CCCCC1. The second kappa shape index (κ2) is 9.63. The molecule has 10 heteroatoms. The van der Waals surface area contributed by atoms with Crippen LogP contribution in [0.3, 0.4) is 0 Å². The van der Waals surface area contributed by atoms with E-state index in [1.807, 2.05) is 17.0 Å². The van der Waals surface area contributed by atoms with Crippen molar-refractivity contribution in [3.63, 3.8) is 0 Å². The van der Waals surface area contributed by atoms with Crippen molar-refractivity contribution in [2.24, 2.45) is 0 Å². The minimum Gasteiger partial charge on any atom is -0.429 e. The number of benzene rings is 1. The zero-order valence-electron chi connectivity index (χ0n) is 18.6. The predicted octanol–water partition coefficient (Wildman–Crippen LogP) is 3.31. The van der Waals surface area contributed by atoms with Crippen LogP contribution >= 0.6 is 12.2 Å². The molecule has 0 atom stereocenters. The summed E-state index contributed by atoms with van der Waals surface area (Å²) in [6.07, 6.45) is 6.57. The van der Waals surface area contributed by atoms with Crippen molar-refractivity contribution in [2.45, 2.75) is 37.4 Å². The molecule has 0 radical (unpaired) electrons. The van der Waals surface area contributed by atoms with Gasteiger partial charge in [0.25, 0.3) is 4.84 Å². The summed E-state index contributed by atoms with van der Waals surface area (Å²) in [4.78, 5) is 9.53. The highest BCUT2D eigenvalue weighted by molar-refractivity contribution is 7.89.